The van der Waals surface area contributed by atoms with Crippen molar-refractivity contribution in [2.75, 3.05) is 61.8 Å². The third-order valence-corrected chi connectivity index (χ3v) is 7.45. The van der Waals surface area contributed by atoms with Gasteiger partial charge in [-0.15, -0.1) is 10.2 Å². The quantitative estimate of drug-likeness (QED) is 0.458. The molecular weight excluding hydrogens is 532 g/mol. The van der Waals surface area contributed by atoms with E-state index in [0.29, 0.717) is 59.5 Å². The molecule has 1 aromatic heterocycles. The SMILES string of the molecule is CN1CCN(C(=O)c2ccc(NC(=O)c3cc4c(nn3)NCCN4Cc3c(Cl)ccc(F)c3Cl)cc2)CC1. The number of nitrogens with one attached hydrogen (secondary N) is 2. The van der Waals surface area contributed by atoms with Crippen molar-refractivity contribution in [1.82, 2.24) is 20.0 Å². The van der Waals surface area contributed by atoms with E-state index in [9.17, 15) is 14.0 Å². The summed E-state index contributed by atoms with van der Waals surface area (Å²) < 4.78 is 14.0. The van der Waals surface area contributed by atoms with Gasteiger partial charge in [-0.25, -0.2) is 4.39 Å². The Hall–Kier alpha value is -3.47. The highest BCUT2D eigenvalue weighted by molar-refractivity contribution is 6.36. The van der Waals surface area contributed by atoms with E-state index in [-0.39, 0.29) is 23.2 Å². The van der Waals surface area contributed by atoms with Crippen molar-refractivity contribution in [3.8, 4) is 0 Å². The topological polar surface area (TPSA) is 93.7 Å². The molecule has 0 atom stereocenters. The molecule has 2 aromatic carbocycles. The Morgan fingerprint density at radius 1 is 1.03 bits per heavy atom. The van der Waals surface area contributed by atoms with Gasteiger partial charge in [-0.3, -0.25) is 9.59 Å². The number of piperazine rings is 1. The minimum Gasteiger partial charge on any atom is -0.365 e. The lowest BCUT2D eigenvalue weighted by atomic mass is 10.1. The fourth-order valence-corrected chi connectivity index (χ4v) is 4.93. The third-order valence-electron chi connectivity index (χ3n) is 6.69. The number of anilines is 3. The molecule has 0 spiro atoms. The largest absolute Gasteiger partial charge is 0.365 e. The second-order valence-electron chi connectivity index (χ2n) is 9.26. The van der Waals surface area contributed by atoms with Crippen LogP contribution in [0.5, 0.6) is 0 Å². The molecule has 2 N–H and O–H groups in total. The van der Waals surface area contributed by atoms with Gasteiger partial charge in [-0.1, -0.05) is 23.2 Å². The molecule has 2 aliphatic heterocycles. The summed E-state index contributed by atoms with van der Waals surface area (Å²) in [6, 6.07) is 11.1. The maximum Gasteiger partial charge on any atom is 0.276 e. The van der Waals surface area contributed by atoms with Crippen LogP contribution in [0.3, 0.4) is 0 Å². The number of amides is 2. The van der Waals surface area contributed by atoms with Crippen molar-refractivity contribution in [3.05, 3.63) is 75.1 Å². The molecule has 2 amide bonds. The Labute approximate surface area is 229 Å². The molecule has 9 nitrogen and oxygen atoms in total. The van der Waals surface area contributed by atoms with Crippen molar-refractivity contribution in [2.24, 2.45) is 0 Å². The van der Waals surface area contributed by atoms with Gasteiger partial charge in [0.2, 0.25) is 0 Å². The number of likely N-dealkylation sites (N-methyl/N-ethyl adjacent to an activating group) is 1. The van der Waals surface area contributed by atoms with Crippen LogP contribution in [0.2, 0.25) is 10.0 Å². The van der Waals surface area contributed by atoms with Crippen LogP contribution in [-0.2, 0) is 6.54 Å². The second kappa shape index (κ2) is 11.1. The second-order valence-corrected chi connectivity index (χ2v) is 10.0. The third kappa shape index (κ3) is 5.52. The van der Waals surface area contributed by atoms with Crippen LogP contribution in [-0.4, -0.2) is 78.1 Å². The molecule has 38 heavy (non-hydrogen) atoms. The molecular formula is C26H26Cl2FN7O2. The molecule has 3 heterocycles. The van der Waals surface area contributed by atoms with Gasteiger partial charge in [0.25, 0.3) is 11.8 Å². The molecule has 2 aliphatic rings. The fourth-order valence-electron chi connectivity index (χ4n) is 4.44. The number of fused-ring (bicyclic) bond motifs is 1. The number of carbonyl (C=O) groups excluding carboxylic acids is 2. The molecule has 0 unspecified atom stereocenters. The Morgan fingerprint density at radius 3 is 2.50 bits per heavy atom. The molecule has 1 saturated heterocycles. The van der Waals surface area contributed by atoms with Crippen molar-refractivity contribution in [3.63, 3.8) is 0 Å². The van der Waals surface area contributed by atoms with Crippen molar-refractivity contribution < 1.29 is 14.0 Å². The van der Waals surface area contributed by atoms with E-state index in [1.807, 2.05) is 16.8 Å². The number of rotatable bonds is 5. The highest BCUT2D eigenvalue weighted by atomic mass is 35.5. The maximum atomic E-state index is 14.0. The first-order valence-electron chi connectivity index (χ1n) is 12.2. The average Bonchev–Trinajstić information content (AvgIpc) is 2.93. The smallest absolute Gasteiger partial charge is 0.276 e. The molecule has 1 fully saturated rings. The molecule has 5 rings (SSSR count). The van der Waals surface area contributed by atoms with E-state index < -0.39 is 11.7 Å². The van der Waals surface area contributed by atoms with Gasteiger partial charge in [-0.05, 0) is 49.5 Å². The normalized spacial score (nSPS) is 15.6. The number of benzene rings is 2. The number of aromatic nitrogens is 2. The first kappa shape index (κ1) is 26.1. The zero-order valence-corrected chi connectivity index (χ0v) is 22.2. The molecule has 0 saturated carbocycles. The summed E-state index contributed by atoms with van der Waals surface area (Å²) >= 11 is 12.5. The Bertz CT molecular complexity index is 1360. The van der Waals surface area contributed by atoms with Crippen LogP contribution < -0.4 is 15.5 Å². The predicted octanol–water partition coefficient (Wildman–Crippen LogP) is 3.99. The van der Waals surface area contributed by atoms with Gasteiger partial charge in [-0.2, -0.15) is 0 Å². The Kier molecular flexibility index (Phi) is 7.64. The molecule has 0 aliphatic carbocycles. The number of nitrogens with zero attached hydrogens (tertiary/aromatic N) is 5. The van der Waals surface area contributed by atoms with Gasteiger partial charge in [0.05, 0.1) is 10.7 Å². The summed E-state index contributed by atoms with van der Waals surface area (Å²) in [5.74, 6) is -0.526. The molecule has 0 radical (unpaired) electrons. The van der Waals surface area contributed by atoms with E-state index >= 15 is 0 Å². The lowest BCUT2D eigenvalue weighted by Gasteiger charge is -2.32. The van der Waals surface area contributed by atoms with Crippen LogP contribution in [0.15, 0.2) is 42.5 Å². The number of halogens is 3. The van der Waals surface area contributed by atoms with Gasteiger partial charge < -0.3 is 25.3 Å². The minimum absolute atomic E-state index is 0.0253. The van der Waals surface area contributed by atoms with E-state index in [0.717, 1.165) is 13.1 Å². The molecule has 12 heteroatoms. The fraction of sp³-hybridized carbons (Fsp3) is 0.308. The van der Waals surface area contributed by atoms with Crippen LogP contribution in [0.4, 0.5) is 21.6 Å². The summed E-state index contributed by atoms with van der Waals surface area (Å²) in [5, 5.41) is 14.5. The zero-order valence-electron chi connectivity index (χ0n) is 20.7. The Morgan fingerprint density at radius 2 is 1.76 bits per heavy atom. The number of carbonyl (C=O) groups is 2. The van der Waals surface area contributed by atoms with E-state index in [1.54, 1.807) is 30.3 Å². The van der Waals surface area contributed by atoms with Crippen LogP contribution in [0.1, 0.15) is 26.4 Å². The van der Waals surface area contributed by atoms with E-state index in [1.165, 1.54) is 12.1 Å². The first-order chi connectivity index (χ1) is 18.3. The summed E-state index contributed by atoms with van der Waals surface area (Å²) in [6.07, 6.45) is 0. The van der Waals surface area contributed by atoms with Crippen LogP contribution in [0, 0.1) is 5.82 Å². The zero-order chi connectivity index (χ0) is 26.8. The maximum absolute atomic E-state index is 14.0. The van der Waals surface area contributed by atoms with Gasteiger partial charge in [0.15, 0.2) is 11.5 Å². The van der Waals surface area contributed by atoms with Gasteiger partial charge in [0, 0.05) is 67.7 Å². The molecule has 3 aromatic rings. The van der Waals surface area contributed by atoms with Gasteiger partial charge >= 0.3 is 0 Å². The highest BCUT2D eigenvalue weighted by Crippen LogP contribution is 2.33. The van der Waals surface area contributed by atoms with Crippen molar-refractivity contribution in [1.29, 1.82) is 0 Å². The average molecular weight is 558 g/mol. The van der Waals surface area contributed by atoms with Crippen molar-refractivity contribution in [2.45, 2.75) is 6.54 Å². The first-order valence-corrected chi connectivity index (χ1v) is 12.9. The van der Waals surface area contributed by atoms with Gasteiger partial charge in [0.1, 0.15) is 5.82 Å². The highest BCUT2D eigenvalue weighted by Gasteiger charge is 2.24. The molecule has 0 bridgehead atoms. The lowest BCUT2D eigenvalue weighted by molar-refractivity contribution is 0.0664. The molecule has 198 valence electrons. The number of hydrogen-bond acceptors (Lipinski definition) is 7. The summed E-state index contributed by atoms with van der Waals surface area (Å²) in [6.45, 7) is 4.44. The van der Waals surface area contributed by atoms with E-state index in [4.69, 9.17) is 23.2 Å². The van der Waals surface area contributed by atoms with Crippen molar-refractivity contribution >= 4 is 52.2 Å². The monoisotopic (exact) mass is 557 g/mol. The minimum atomic E-state index is -0.550. The van der Waals surface area contributed by atoms with E-state index in [2.05, 4.69) is 25.7 Å². The van der Waals surface area contributed by atoms with Crippen LogP contribution >= 0.6 is 23.2 Å². The van der Waals surface area contributed by atoms with Crippen LogP contribution in [0.25, 0.3) is 0 Å². The number of hydrogen-bond donors (Lipinski definition) is 2. The summed E-state index contributed by atoms with van der Waals surface area (Å²) in [4.78, 5) is 31.7. The Balaban J connectivity index is 1.29. The lowest BCUT2D eigenvalue weighted by Crippen LogP contribution is -2.47. The summed E-state index contributed by atoms with van der Waals surface area (Å²) in [7, 11) is 2.04. The summed E-state index contributed by atoms with van der Waals surface area (Å²) in [5.41, 5.74) is 2.28. The predicted molar refractivity (Wildman–Crippen MR) is 146 cm³/mol. The standard InChI is InChI=1S/C26H26Cl2FN7O2/c1-34-10-12-35(13-11-34)26(38)16-2-4-17(5-3-16)31-25(37)21-14-22-24(33-32-21)30-8-9-36(22)15-18-19(27)6-7-20(29)23(18)28/h2-7,14H,8-13,15H2,1H3,(H,30,33)(H,31,37).